The average Bonchev–Trinajstić information content (AvgIpc) is 2.61. The molecule has 4 heteroatoms. The van der Waals surface area contributed by atoms with Crippen LogP contribution in [-0.4, -0.2) is 26.5 Å². The third-order valence-electron chi connectivity index (χ3n) is 3.28. The van der Waals surface area contributed by atoms with Crippen LogP contribution in [0.5, 0.6) is 5.75 Å². The molecule has 0 atom stereocenters. The average molecular weight is 315 g/mol. The molecule has 0 aliphatic heterocycles. The molecule has 0 saturated heterocycles. The molecule has 2 aromatic carbocycles. The topological polar surface area (TPSA) is 44.5 Å². The van der Waals surface area contributed by atoms with E-state index >= 15 is 0 Å². The van der Waals surface area contributed by atoms with Gasteiger partial charge in [0.2, 0.25) is 0 Å². The summed E-state index contributed by atoms with van der Waals surface area (Å²) >= 11 is 0. The van der Waals surface area contributed by atoms with Crippen molar-refractivity contribution >= 4 is 12.2 Å². The molecule has 0 unspecified atom stereocenters. The molecule has 0 aliphatic rings. The van der Waals surface area contributed by atoms with Crippen molar-refractivity contribution in [2.75, 3.05) is 26.5 Å². The van der Waals surface area contributed by atoms with Crippen LogP contribution >= 0.6 is 0 Å². The molecule has 122 valence electrons. The van der Waals surface area contributed by atoms with Gasteiger partial charge in [-0.15, -0.1) is 0 Å². The van der Waals surface area contributed by atoms with Gasteiger partial charge in [0.25, 0.3) is 0 Å². The van der Waals surface area contributed by atoms with E-state index in [1.54, 1.807) is 0 Å². The number of nitrogens with two attached hydrogens (primary N) is 1. The normalized spacial score (nSPS) is 11.0. The quantitative estimate of drug-likeness (QED) is 0.567. The zero-order chi connectivity index (χ0) is 16.3. The van der Waals surface area contributed by atoms with Crippen molar-refractivity contribution in [1.29, 1.82) is 0 Å². The van der Waals surface area contributed by atoms with Crippen molar-refractivity contribution < 1.29 is 13.9 Å². The fourth-order valence-corrected chi connectivity index (χ4v) is 2.01. The summed E-state index contributed by atoms with van der Waals surface area (Å²) in [6.45, 7) is 1.03. The fourth-order valence-electron chi connectivity index (χ4n) is 2.01. The summed E-state index contributed by atoms with van der Waals surface area (Å²) in [5.74, 6) is 0.776. The lowest BCUT2D eigenvalue weighted by Crippen LogP contribution is -2.08. The Bertz CT molecular complexity index is 594. The largest absolute Gasteiger partial charge is 0.491 e. The first kappa shape index (κ1) is 17.2. The van der Waals surface area contributed by atoms with E-state index in [0.717, 1.165) is 22.4 Å². The number of hydrogen-bond donors (Lipinski definition) is 1. The number of rotatable bonds is 9. The molecule has 2 N–H and O–H groups in total. The first-order valence-electron chi connectivity index (χ1n) is 7.65. The molecule has 23 heavy (non-hydrogen) atoms. The molecule has 0 bridgehead atoms. The zero-order valence-corrected chi connectivity index (χ0v) is 13.1. The Labute approximate surface area is 136 Å². The maximum atomic E-state index is 11.8. The highest BCUT2D eigenvalue weighted by Gasteiger charge is 1.95. The van der Waals surface area contributed by atoms with Gasteiger partial charge in [-0.3, -0.25) is 0 Å². The zero-order valence-electron chi connectivity index (χ0n) is 13.1. The first-order valence-corrected chi connectivity index (χ1v) is 7.65. The van der Waals surface area contributed by atoms with Gasteiger partial charge in [-0.1, -0.05) is 48.6 Å². The van der Waals surface area contributed by atoms with Gasteiger partial charge in [0.1, 0.15) is 19.0 Å². The lowest BCUT2D eigenvalue weighted by Gasteiger charge is -2.06. The number of hydrogen-bond acceptors (Lipinski definition) is 3. The number of alkyl halides is 1. The second-order valence-corrected chi connectivity index (χ2v) is 5.00. The Morgan fingerprint density at radius 2 is 1.43 bits per heavy atom. The molecular weight excluding hydrogens is 293 g/mol. The molecule has 0 saturated carbocycles. The third-order valence-corrected chi connectivity index (χ3v) is 3.28. The van der Waals surface area contributed by atoms with Crippen molar-refractivity contribution in [3.63, 3.8) is 0 Å². The van der Waals surface area contributed by atoms with Crippen LogP contribution in [0.2, 0.25) is 0 Å². The van der Waals surface area contributed by atoms with Gasteiger partial charge in [0.05, 0.1) is 13.2 Å². The van der Waals surface area contributed by atoms with Gasteiger partial charge >= 0.3 is 0 Å². The monoisotopic (exact) mass is 315 g/mol. The number of ether oxygens (including phenoxy) is 2. The van der Waals surface area contributed by atoms with Gasteiger partial charge in [-0.25, -0.2) is 4.39 Å². The van der Waals surface area contributed by atoms with E-state index in [0.29, 0.717) is 19.8 Å². The van der Waals surface area contributed by atoms with Crippen molar-refractivity contribution in [2.45, 2.75) is 6.54 Å². The predicted molar refractivity (Wildman–Crippen MR) is 92.0 cm³/mol. The summed E-state index contributed by atoms with van der Waals surface area (Å²) in [6.07, 6.45) is 4.10. The van der Waals surface area contributed by atoms with Crippen molar-refractivity contribution in [3.05, 3.63) is 65.2 Å². The molecule has 2 rings (SSSR count). The molecule has 0 amide bonds. The number of benzene rings is 2. The van der Waals surface area contributed by atoms with Crippen LogP contribution in [0.3, 0.4) is 0 Å². The Balaban J connectivity index is 1.82. The first-order chi connectivity index (χ1) is 11.3. The summed E-state index contributed by atoms with van der Waals surface area (Å²) in [7, 11) is 0. The van der Waals surface area contributed by atoms with E-state index in [9.17, 15) is 4.39 Å². The molecule has 0 aliphatic carbocycles. The maximum Gasteiger partial charge on any atom is 0.119 e. The van der Waals surface area contributed by atoms with E-state index < -0.39 is 6.67 Å². The minimum Gasteiger partial charge on any atom is -0.491 e. The van der Waals surface area contributed by atoms with Crippen molar-refractivity contribution in [1.82, 2.24) is 0 Å². The lowest BCUT2D eigenvalue weighted by molar-refractivity contribution is 0.0897. The smallest absolute Gasteiger partial charge is 0.119 e. The van der Waals surface area contributed by atoms with Gasteiger partial charge in [0.15, 0.2) is 0 Å². The van der Waals surface area contributed by atoms with Crippen molar-refractivity contribution in [2.24, 2.45) is 5.73 Å². The second kappa shape index (κ2) is 9.77. The third kappa shape index (κ3) is 6.22. The van der Waals surface area contributed by atoms with Crippen LogP contribution in [-0.2, 0) is 11.3 Å². The van der Waals surface area contributed by atoms with Crippen molar-refractivity contribution in [3.8, 4) is 5.75 Å². The van der Waals surface area contributed by atoms with Crippen LogP contribution in [0.1, 0.15) is 16.7 Å². The second-order valence-electron chi connectivity index (χ2n) is 5.00. The Morgan fingerprint density at radius 1 is 0.826 bits per heavy atom. The van der Waals surface area contributed by atoms with E-state index in [1.807, 2.05) is 54.6 Å². The fraction of sp³-hybridized carbons (Fsp3) is 0.263. The van der Waals surface area contributed by atoms with E-state index in [-0.39, 0.29) is 6.61 Å². The lowest BCUT2D eigenvalue weighted by atomic mass is 10.1. The van der Waals surface area contributed by atoms with E-state index in [4.69, 9.17) is 15.2 Å². The highest BCUT2D eigenvalue weighted by molar-refractivity contribution is 5.69. The summed E-state index contributed by atoms with van der Waals surface area (Å²) in [4.78, 5) is 0. The molecule has 2 aromatic rings. The Morgan fingerprint density at radius 3 is 2.00 bits per heavy atom. The summed E-state index contributed by atoms with van der Waals surface area (Å²) in [5.41, 5.74) is 8.93. The highest BCUT2D eigenvalue weighted by atomic mass is 19.1. The van der Waals surface area contributed by atoms with Gasteiger partial charge < -0.3 is 15.2 Å². The minimum atomic E-state index is -0.462. The highest BCUT2D eigenvalue weighted by Crippen LogP contribution is 2.15. The summed E-state index contributed by atoms with van der Waals surface area (Å²) in [5, 5.41) is 0. The molecule has 3 nitrogen and oxygen atoms in total. The standard InChI is InChI=1S/C19H22FNO2/c20-11-12-22-13-14-23-19-9-7-17(8-10-19)2-1-16-3-5-18(15-21)6-4-16/h1-10H,11-15,21H2. The van der Waals surface area contributed by atoms with E-state index in [2.05, 4.69) is 6.08 Å². The molecule has 0 fully saturated rings. The van der Waals surface area contributed by atoms with Crippen LogP contribution < -0.4 is 10.5 Å². The Kier molecular flexibility index (Phi) is 7.30. The summed E-state index contributed by atoms with van der Waals surface area (Å²) in [6, 6.07) is 16.0. The van der Waals surface area contributed by atoms with Gasteiger partial charge in [-0.05, 0) is 28.8 Å². The molecule has 0 aromatic heterocycles. The summed E-state index contributed by atoms with van der Waals surface area (Å²) < 4.78 is 22.4. The molecule has 0 heterocycles. The van der Waals surface area contributed by atoms with Crippen LogP contribution in [0.25, 0.3) is 12.2 Å². The SMILES string of the molecule is NCc1ccc(C=Cc2ccc(OCCOCCF)cc2)cc1. The Hall–Kier alpha value is -2.17. The van der Waals surface area contributed by atoms with Gasteiger partial charge in [-0.2, -0.15) is 0 Å². The molecule has 0 radical (unpaired) electrons. The predicted octanol–water partition coefficient (Wildman–Crippen LogP) is 3.68. The molecule has 0 spiro atoms. The molecular formula is C19H22FNO2. The number of halogens is 1. The van der Waals surface area contributed by atoms with E-state index in [1.165, 1.54) is 0 Å². The van der Waals surface area contributed by atoms with Crippen LogP contribution in [0, 0.1) is 0 Å². The minimum absolute atomic E-state index is 0.124. The van der Waals surface area contributed by atoms with Crippen LogP contribution in [0.4, 0.5) is 4.39 Å². The maximum absolute atomic E-state index is 11.8. The van der Waals surface area contributed by atoms with Gasteiger partial charge in [0, 0.05) is 6.54 Å². The van der Waals surface area contributed by atoms with Crippen LogP contribution in [0.15, 0.2) is 48.5 Å².